The highest BCUT2D eigenvalue weighted by atomic mass is 31.2. The van der Waals surface area contributed by atoms with E-state index in [2.05, 4.69) is 64.2 Å². The number of allylic oxidation sites excluding steroid dienone is 6. The van der Waals surface area contributed by atoms with Crippen molar-refractivity contribution in [3.05, 3.63) is 36.5 Å². The molecule has 92 heavy (non-hydrogen) atoms. The lowest BCUT2D eigenvalue weighted by molar-refractivity contribution is -0.161. The Kier molecular flexibility index (Phi) is 64.9. The molecule has 0 aliphatic carbocycles. The van der Waals surface area contributed by atoms with E-state index >= 15 is 0 Å². The van der Waals surface area contributed by atoms with Gasteiger partial charge in [0.15, 0.2) is 12.2 Å². The van der Waals surface area contributed by atoms with Crippen LogP contribution >= 0.6 is 15.6 Å². The van der Waals surface area contributed by atoms with Crippen LogP contribution in [0.5, 0.6) is 0 Å². The quantitative estimate of drug-likeness (QED) is 0.0169. The topological polar surface area (TPSA) is 237 Å². The van der Waals surface area contributed by atoms with Gasteiger partial charge < -0.3 is 33.8 Å². The Morgan fingerprint density at radius 3 is 0.761 bits per heavy atom. The first kappa shape index (κ1) is 89.3. The molecule has 3 N–H and O–H groups in total. The zero-order chi connectivity index (χ0) is 67.5. The van der Waals surface area contributed by atoms with Gasteiger partial charge in [0, 0.05) is 25.7 Å². The van der Waals surface area contributed by atoms with Crippen molar-refractivity contribution < 1.29 is 80.2 Å². The number of carbonyl (C=O) groups excluding carboxylic acids is 4. The summed E-state index contributed by atoms with van der Waals surface area (Å²) >= 11 is 0. The second kappa shape index (κ2) is 66.9. The summed E-state index contributed by atoms with van der Waals surface area (Å²) in [7, 11) is -9.92. The SMILES string of the molecule is CCCCCC/C=C\CCCCCCCC(=O)OC[C@H](COP(=O)(O)OC[C@@H](O)COP(=O)(O)OC[C@@H](COC(=O)CCCCCCC/C=C\CCCCCC)OC(=O)CCCCCCCCCCCCCCC)OC(=O)CCCCCCC/C=C\CCCCCC. The Bertz CT molecular complexity index is 1900. The first-order chi connectivity index (χ1) is 44.7. The second-order valence-electron chi connectivity index (χ2n) is 25.2. The maximum atomic E-state index is 13.0. The molecule has 0 bridgehead atoms. The summed E-state index contributed by atoms with van der Waals surface area (Å²) in [6, 6.07) is 0. The maximum absolute atomic E-state index is 13.0. The average Bonchev–Trinajstić information content (AvgIpc) is 3.63. The zero-order valence-corrected chi connectivity index (χ0v) is 60.5. The van der Waals surface area contributed by atoms with E-state index in [9.17, 15) is 43.2 Å². The van der Waals surface area contributed by atoms with Crippen LogP contribution in [0.25, 0.3) is 0 Å². The van der Waals surface area contributed by atoms with Crippen molar-refractivity contribution in [1.82, 2.24) is 0 Å². The highest BCUT2D eigenvalue weighted by molar-refractivity contribution is 7.47. The van der Waals surface area contributed by atoms with E-state index in [4.69, 9.17) is 37.0 Å². The van der Waals surface area contributed by atoms with E-state index in [1.54, 1.807) is 0 Å². The predicted molar refractivity (Wildman–Crippen MR) is 372 cm³/mol. The number of aliphatic hydroxyl groups is 1. The minimum absolute atomic E-state index is 0.0891. The zero-order valence-electron chi connectivity index (χ0n) is 58.7. The van der Waals surface area contributed by atoms with E-state index in [1.165, 1.54) is 128 Å². The number of hydrogen-bond donors (Lipinski definition) is 3. The van der Waals surface area contributed by atoms with Crippen molar-refractivity contribution >= 4 is 39.5 Å². The molecule has 0 rings (SSSR count). The van der Waals surface area contributed by atoms with Gasteiger partial charge in [-0.2, -0.15) is 0 Å². The summed E-state index contributed by atoms with van der Waals surface area (Å²) in [6.07, 6.45) is 59.9. The van der Waals surface area contributed by atoms with E-state index in [-0.39, 0.29) is 25.7 Å². The molecular formula is C73H136O17P2. The molecule has 19 heteroatoms. The van der Waals surface area contributed by atoms with Crippen LogP contribution in [0, 0.1) is 0 Å². The van der Waals surface area contributed by atoms with Crippen molar-refractivity contribution in [2.45, 2.75) is 367 Å². The molecule has 2 unspecified atom stereocenters. The normalized spacial score (nSPS) is 14.2. The molecule has 0 aromatic carbocycles. The molecule has 0 aliphatic rings. The van der Waals surface area contributed by atoms with E-state index < -0.39 is 97.5 Å². The van der Waals surface area contributed by atoms with Crippen LogP contribution in [0.3, 0.4) is 0 Å². The molecule has 0 aromatic heterocycles. The number of esters is 4. The number of phosphoric ester groups is 2. The molecule has 0 amide bonds. The van der Waals surface area contributed by atoms with Gasteiger partial charge in [-0.1, -0.05) is 257 Å². The first-order valence-electron chi connectivity index (χ1n) is 37.2. The van der Waals surface area contributed by atoms with E-state index in [1.807, 2.05) is 0 Å². The van der Waals surface area contributed by atoms with Gasteiger partial charge in [-0.3, -0.25) is 37.3 Å². The number of rotatable bonds is 71. The lowest BCUT2D eigenvalue weighted by atomic mass is 10.0. The molecule has 0 saturated heterocycles. The van der Waals surface area contributed by atoms with Crippen molar-refractivity contribution in [3.8, 4) is 0 Å². The van der Waals surface area contributed by atoms with Crippen LogP contribution in [-0.4, -0.2) is 96.7 Å². The van der Waals surface area contributed by atoms with Crippen LogP contribution in [0.2, 0.25) is 0 Å². The van der Waals surface area contributed by atoms with E-state index in [0.717, 1.165) is 141 Å². The van der Waals surface area contributed by atoms with Crippen molar-refractivity contribution in [3.63, 3.8) is 0 Å². The third-order valence-corrected chi connectivity index (χ3v) is 18.0. The average molecular weight is 1350 g/mol. The van der Waals surface area contributed by atoms with Crippen LogP contribution < -0.4 is 0 Å². The Morgan fingerprint density at radius 1 is 0.293 bits per heavy atom. The Morgan fingerprint density at radius 2 is 0.500 bits per heavy atom. The minimum Gasteiger partial charge on any atom is -0.462 e. The lowest BCUT2D eigenvalue weighted by Gasteiger charge is -2.21. The Hall–Kier alpha value is -2.72. The second-order valence-corrected chi connectivity index (χ2v) is 28.1. The van der Waals surface area contributed by atoms with E-state index in [0.29, 0.717) is 25.7 Å². The number of ether oxygens (including phenoxy) is 4. The van der Waals surface area contributed by atoms with Crippen LogP contribution in [0.4, 0.5) is 0 Å². The summed E-state index contributed by atoms with van der Waals surface area (Å²) < 4.78 is 68.3. The first-order valence-corrected chi connectivity index (χ1v) is 40.2. The lowest BCUT2D eigenvalue weighted by Crippen LogP contribution is -2.30. The van der Waals surface area contributed by atoms with Gasteiger partial charge in [0.25, 0.3) is 0 Å². The molecule has 0 heterocycles. The Labute approximate surface area is 560 Å². The summed E-state index contributed by atoms with van der Waals surface area (Å²) in [5, 5.41) is 10.6. The summed E-state index contributed by atoms with van der Waals surface area (Å²) in [5.74, 6) is -2.17. The van der Waals surface area contributed by atoms with Crippen LogP contribution in [0.15, 0.2) is 36.5 Å². The van der Waals surface area contributed by atoms with Gasteiger partial charge in [-0.05, 0) is 103 Å². The van der Waals surface area contributed by atoms with Gasteiger partial charge in [0.1, 0.15) is 19.3 Å². The largest absolute Gasteiger partial charge is 0.472 e. The molecule has 0 spiro atoms. The highest BCUT2D eigenvalue weighted by Gasteiger charge is 2.30. The fourth-order valence-electron chi connectivity index (χ4n) is 10.3. The maximum Gasteiger partial charge on any atom is 0.472 e. The van der Waals surface area contributed by atoms with Gasteiger partial charge in [0.05, 0.1) is 26.4 Å². The fourth-order valence-corrected chi connectivity index (χ4v) is 11.9. The van der Waals surface area contributed by atoms with Gasteiger partial charge in [0.2, 0.25) is 0 Å². The number of phosphoric acid groups is 2. The number of carbonyl (C=O) groups is 4. The molecule has 0 aromatic rings. The minimum atomic E-state index is -4.96. The molecule has 17 nitrogen and oxygen atoms in total. The van der Waals surface area contributed by atoms with Crippen molar-refractivity contribution in [2.24, 2.45) is 0 Å². The van der Waals surface area contributed by atoms with Crippen LogP contribution in [0.1, 0.15) is 349 Å². The molecule has 0 saturated carbocycles. The molecule has 5 atom stereocenters. The summed E-state index contributed by atoms with van der Waals surface area (Å²) in [4.78, 5) is 72.6. The fraction of sp³-hybridized carbons (Fsp3) is 0.863. The number of aliphatic hydroxyl groups excluding tert-OH is 1. The van der Waals surface area contributed by atoms with Gasteiger partial charge >= 0.3 is 39.5 Å². The standard InChI is InChI=1S/C73H136O17P2/c1-5-9-13-17-21-25-29-33-37-41-45-49-53-57-70(75)83-63-68(89-72(77)59-55-51-47-43-39-35-31-27-23-19-15-11-7-3)65-87-91(79,80)85-61-67(74)62-86-92(81,82)88-66-69(90-73(78)60-56-52-48-44-40-36-32-28-24-20-16-12-8-4)64-84-71(76)58-54-50-46-42-38-34-30-26-22-18-14-10-6-2/h25-27,29-31,67-69,74H,5-24,28,32-66H2,1-4H3,(H,79,80)(H,81,82)/b29-25-,30-26-,31-27-/t67-,68-,69-/m1/s1. The summed E-state index contributed by atoms with van der Waals surface area (Å²) in [6.45, 7) is 4.85. The molecule has 0 aliphatic heterocycles. The highest BCUT2D eigenvalue weighted by Crippen LogP contribution is 2.45. The Balaban J connectivity index is 5.31. The molecule has 0 radical (unpaired) electrons. The third-order valence-electron chi connectivity index (χ3n) is 16.1. The van der Waals surface area contributed by atoms with Crippen LogP contribution in [-0.2, 0) is 65.4 Å². The van der Waals surface area contributed by atoms with Crippen molar-refractivity contribution in [1.29, 1.82) is 0 Å². The smallest absolute Gasteiger partial charge is 0.462 e. The predicted octanol–water partition coefficient (Wildman–Crippen LogP) is 20.8. The molecule has 0 fully saturated rings. The number of unbranched alkanes of at least 4 members (excludes halogenated alkanes) is 39. The molecular weight excluding hydrogens is 1210 g/mol. The number of hydrogen-bond acceptors (Lipinski definition) is 15. The third kappa shape index (κ3) is 65.9. The molecule has 540 valence electrons. The van der Waals surface area contributed by atoms with Crippen molar-refractivity contribution in [2.75, 3.05) is 39.6 Å². The van der Waals surface area contributed by atoms with Gasteiger partial charge in [-0.25, -0.2) is 9.13 Å². The van der Waals surface area contributed by atoms with Gasteiger partial charge in [-0.15, -0.1) is 0 Å². The summed E-state index contributed by atoms with van der Waals surface area (Å²) in [5.41, 5.74) is 0. The monoisotopic (exact) mass is 1350 g/mol.